The highest BCUT2D eigenvalue weighted by Crippen LogP contribution is 2.38. The van der Waals surface area contributed by atoms with E-state index in [4.69, 9.17) is 9.47 Å². The summed E-state index contributed by atoms with van der Waals surface area (Å²) in [7, 11) is 3.73. The normalized spacial score (nSPS) is 14.4. The van der Waals surface area contributed by atoms with Gasteiger partial charge in [-0.25, -0.2) is 9.18 Å². The van der Waals surface area contributed by atoms with Crippen molar-refractivity contribution in [2.75, 3.05) is 57.2 Å². The lowest BCUT2D eigenvalue weighted by Gasteiger charge is -2.35. The third kappa shape index (κ3) is 4.71. The number of aromatic nitrogens is 1. The van der Waals surface area contributed by atoms with Gasteiger partial charge in [-0.3, -0.25) is 4.98 Å². The van der Waals surface area contributed by atoms with Crippen molar-refractivity contribution in [3.63, 3.8) is 0 Å². The fraction of sp³-hybridized carbons (Fsp3) is 0.360. The first-order valence-corrected chi connectivity index (χ1v) is 11.1. The molecule has 1 aliphatic heterocycles. The Bertz CT molecular complexity index is 1180. The van der Waals surface area contributed by atoms with Gasteiger partial charge < -0.3 is 24.6 Å². The average Bonchev–Trinajstić information content (AvgIpc) is 2.80. The van der Waals surface area contributed by atoms with Crippen LogP contribution in [0, 0.1) is 12.7 Å². The third-order valence-corrected chi connectivity index (χ3v) is 5.89. The summed E-state index contributed by atoms with van der Waals surface area (Å²) in [5, 5.41) is 3.83. The Morgan fingerprint density at radius 2 is 1.94 bits per heavy atom. The number of methoxy groups -OCH3 is 1. The minimum atomic E-state index is -0.515. The van der Waals surface area contributed by atoms with Gasteiger partial charge in [0.05, 0.1) is 36.3 Å². The highest BCUT2D eigenvalue weighted by atomic mass is 19.1. The molecule has 8 heteroatoms. The molecule has 2 aromatic carbocycles. The Morgan fingerprint density at radius 3 is 2.61 bits per heavy atom. The van der Waals surface area contributed by atoms with E-state index in [2.05, 4.69) is 27.1 Å². The zero-order valence-electron chi connectivity index (χ0n) is 19.4. The van der Waals surface area contributed by atoms with Crippen molar-refractivity contribution in [3.05, 3.63) is 53.5 Å². The van der Waals surface area contributed by atoms with Gasteiger partial charge in [-0.2, -0.15) is 0 Å². The standard InChI is InChI=1S/C25H29FN4O3/c1-5-33-25(31)18-15-27-21-14-23(32-4)22(30-10-8-29(3)9-11-30)13-17(21)24(18)28-20-7-6-16(2)12-19(20)26/h6-7,12-15H,5,8-11H2,1-4H3,(H,27,28). The number of anilines is 3. The molecule has 1 aromatic heterocycles. The molecule has 1 N–H and O–H groups in total. The number of halogens is 1. The van der Waals surface area contributed by atoms with Gasteiger partial charge >= 0.3 is 5.97 Å². The Morgan fingerprint density at radius 1 is 1.18 bits per heavy atom. The van der Waals surface area contributed by atoms with Gasteiger partial charge in [0, 0.05) is 43.8 Å². The summed E-state index contributed by atoms with van der Waals surface area (Å²) in [5.41, 5.74) is 3.33. The smallest absolute Gasteiger partial charge is 0.341 e. The van der Waals surface area contributed by atoms with Gasteiger partial charge in [0.1, 0.15) is 17.1 Å². The van der Waals surface area contributed by atoms with E-state index in [0.29, 0.717) is 22.3 Å². The number of aryl methyl sites for hydroxylation is 1. The second-order valence-electron chi connectivity index (χ2n) is 8.21. The van der Waals surface area contributed by atoms with E-state index in [9.17, 15) is 9.18 Å². The largest absolute Gasteiger partial charge is 0.495 e. The van der Waals surface area contributed by atoms with Crippen molar-refractivity contribution < 1.29 is 18.7 Å². The summed E-state index contributed by atoms with van der Waals surface area (Å²) in [6.45, 7) is 7.36. The molecular formula is C25H29FN4O3. The quantitative estimate of drug-likeness (QED) is 0.558. The molecular weight excluding hydrogens is 423 g/mol. The topological polar surface area (TPSA) is 66.9 Å². The van der Waals surface area contributed by atoms with E-state index >= 15 is 0 Å². The predicted molar refractivity (Wildman–Crippen MR) is 128 cm³/mol. The summed E-state index contributed by atoms with van der Waals surface area (Å²) in [6.07, 6.45) is 1.46. The molecule has 7 nitrogen and oxygen atoms in total. The predicted octanol–water partition coefficient (Wildman–Crippen LogP) is 4.36. The SMILES string of the molecule is CCOC(=O)c1cnc2cc(OC)c(N3CCN(C)CC3)cc2c1Nc1ccc(C)cc1F. The van der Waals surface area contributed by atoms with Crippen LogP contribution in [0.4, 0.5) is 21.5 Å². The van der Waals surface area contributed by atoms with Crippen LogP contribution in [0.5, 0.6) is 5.75 Å². The molecule has 4 rings (SSSR count). The lowest BCUT2D eigenvalue weighted by atomic mass is 10.1. The third-order valence-electron chi connectivity index (χ3n) is 5.89. The van der Waals surface area contributed by atoms with E-state index in [1.807, 2.05) is 25.1 Å². The summed E-state index contributed by atoms with van der Waals surface area (Å²) in [6, 6.07) is 8.75. The number of carbonyl (C=O) groups excluding carboxylic acids is 1. The molecule has 2 heterocycles. The first kappa shape index (κ1) is 22.8. The number of hydrogen-bond donors (Lipinski definition) is 1. The molecule has 174 valence electrons. The average molecular weight is 453 g/mol. The molecule has 1 aliphatic rings. The van der Waals surface area contributed by atoms with E-state index in [1.54, 1.807) is 20.1 Å². The number of fused-ring (bicyclic) bond motifs is 1. The Hall–Kier alpha value is -3.39. The zero-order valence-corrected chi connectivity index (χ0v) is 19.4. The number of benzene rings is 2. The van der Waals surface area contributed by atoms with Crippen molar-refractivity contribution in [1.29, 1.82) is 0 Å². The molecule has 0 spiro atoms. The van der Waals surface area contributed by atoms with Crippen LogP contribution in [0.2, 0.25) is 0 Å². The van der Waals surface area contributed by atoms with E-state index in [-0.39, 0.29) is 17.9 Å². The number of rotatable bonds is 6. The second kappa shape index (κ2) is 9.62. The summed E-state index contributed by atoms with van der Waals surface area (Å²) < 4.78 is 25.6. The molecule has 1 saturated heterocycles. The Balaban J connectivity index is 1.89. The molecule has 0 unspecified atom stereocenters. The van der Waals surface area contributed by atoms with E-state index in [1.165, 1.54) is 12.3 Å². The van der Waals surface area contributed by atoms with Gasteiger partial charge in [0.25, 0.3) is 0 Å². The first-order valence-electron chi connectivity index (χ1n) is 11.1. The number of esters is 1. The molecule has 0 saturated carbocycles. The number of ether oxygens (including phenoxy) is 2. The lowest BCUT2D eigenvalue weighted by molar-refractivity contribution is 0.0527. The maximum absolute atomic E-state index is 14.7. The number of nitrogens with zero attached hydrogens (tertiary/aromatic N) is 3. The van der Waals surface area contributed by atoms with Crippen LogP contribution in [0.3, 0.4) is 0 Å². The fourth-order valence-electron chi connectivity index (χ4n) is 4.02. The van der Waals surface area contributed by atoms with E-state index in [0.717, 1.165) is 37.4 Å². The van der Waals surface area contributed by atoms with Crippen LogP contribution in [0.25, 0.3) is 10.9 Å². The lowest BCUT2D eigenvalue weighted by Crippen LogP contribution is -2.44. The molecule has 0 radical (unpaired) electrons. The van der Waals surface area contributed by atoms with Gasteiger partial charge in [0.2, 0.25) is 0 Å². The van der Waals surface area contributed by atoms with Crippen molar-refractivity contribution in [2.45, 2.75) is 13.8 Å². The number of hydrogen-bond acceptors (Lipinski definition) is 7. The maximum Gasteiger partial charge on any atom is 0.341 e. The Labute approximate surface area is 193 Å². The molecule has 0 aliphatic carbocycles. The number of carbonyl (C=O) groups is 1. The zero-order chi connectivity index (χ0) is 23.5. The van der Waals surface area contributed by atoms with Gasteiger partial charge in [0.15, 0.2) is 0 Å². The number of piperazine rings is 1. The van der Waals surface area contributed by atoms with Crippen LogP contribution < -0.4 is 15.0 Å². The molecule has 0 atom stereocenters. The van der Waals surface area contributed by atoms with Crippen LogP contribution >= 0.6 is 0 Å². The van der Waals surface area contributed by atoms with Crippen molar-refractivity contribution in [3.8, 4) is 5.75 Å². The molecule has 3 aromatic rings. The minimum Gasteiger partial charge on any atom is -0.495 e. The Kier molecular flexibility index (Phi) is 6.65. The minimum absolute atomic E-state index is 0.227. The molecule has 1 fully saturated rings. The first-order chi connectivity index (χ1) is 15.9. The fourth-order valence-corrected chi connectivity index (χ4v) is 4.02. The van der Waals surface area contributed by atoms with Gasteiger partial charge in [-0.15, -0.1) is 0 Å². The van der Waals surface area contributed by atoms with Crippen molar-refractivity contribution >= 4 is 33.9 Å². The van der Waals surface area contributed by atoms with Crippen LogP contribution in [-0.2, 0) is 4.74 Å². The number of likely N-dealkylation sites (N-methyl/N-ethyl adjacent to an activating group) is 1. The molecule has 0 bridgehead atoms. The van der Waals surface area contributed by atoms with Crippen molar-refractivity contribution in [2.24, 2.45) is 0 Å². The van der Waals surface area contributed by atoms with Crippen LogP contribution in [-0.4, -0.2) is 62.8 Å². The monoisotopic (exact) mass is 452 g/mol. The summed E-state index contributed by atoms with van der Waals surface area (Å²) in [5.74, 6) is -0.211. The second-order valence-corrected chi connectivity index (χ2v) is 8.21. The number of nitrogens with one attached hydrogen (secondary N) is 1. The summed E-state index contributed by atoms with van der Waals surface area (Å²) >= 11 is 0. The van der Waals surface area contributed by atoms with E-state index < -0.39 is 11.8 Å². The molecule has 0 amide bonds. The van der Waals surface area contributed by atoms with Crippen molar-refractivity contribution in [1.82, 2.24) is 9.88 Å². The van der Waals surface area contributed by atoms with Crippen LogP contribution in [0.15, 0.2) is 36.5 Å². The summed E-state index contributed by atoms with van der Waals surface area (Å²) in [4.78, 5) is 21.8. The maximum atomic E-state index is 14.7. The highest BCUT2D eigenvalue weighted by Gasteiger charge is 2.23. The van der Waals surface area contributed by atoms with Crippen LogP contribution in [0.1, 0.15) is 22.8 Å². The van der Waals surface area contributed by atoms with Gasteiger partial charge in [-0.1, -0.05) is 6.07 Å². The van der Waals surface area contributed by atoms with Gasteiger partial charge in [-0.05, 0) is 44.7 Å². The highest BCUT2D eigenvalue weighted by molar-refractivity contribution is 6.07. The molecule has 33 heavy (non-hydrogen) atoms. The number of pyridine rings is 1.